The summed E-state index contributed by atoms with van der Waals surface area (Å²) in [5.74, 6) is -4.63. The second kappa shape index (κ2) is 4.63. The van der Waals surface area contributed by atoms with Crippen molar-refractivity contribution in [3.63, 3.8) is 0 Å². The number of aliphatic hydroxyl groups excluding tert-OH is 1. The molecular weight excluding hydrogens is 207 g/mol. The van der Waals surface area contributed by atoms with Gasteiger partial charge in [-0.25, -0.2) is 13.2 Å². The van der Waals surface area contributed by atoms with E-state index in [1.807, 2.05) is 0 Å². The lowest BCUT2D eigenvalue weighted by Crippen LogP contribution is -2.20. The molecule has 15 heavy (non-hydrogen) atoms. The number of rotatable bonds is 3. The number of nitrogens with two attached hydrogens (primary N) is 1. The van der Waals surface area contributed by atoms with Crippen molar-refractivity contribution in [1.29, 1.82) is 0 Å². The molecule has 0 aliphatic carbocycles. The van der Waals surface area contributed by atoms with E-state index >= 15 is 0 Å². The highest BCUT2D eigenvalue weighted by molar-refractivity contribution is 5.22. The fourth-order valence-corrected chi connectivity index (χ4v) is 1.20. The standard InChI is InChI=1S/C10H12F3NO/c1-5(4-14)10(15)6-2-3-7(11)9(13)8(6)12/h2-3,5,10,15H,4,14H2,1H3. The van der Waals surface area contributed by atoms with Crippen LogP contribution in [0.15, 0.2) is 12.1 Å². The van der Waals surface area contributed by atoms with Gasteiger partial charge < -0.3 is 10.8 Å². The maximum Gasteiger partial charge on any atom is 0.194 e. The van der Waals surface area contributed by atoms with Crippen LogP contribution in [0.2, 0.25) is 0 Å². The molecule has 1 rings (SSSR count). The number of hydrogen-bond acceptors (Lipinski definition) is 2. The van der Waals surface area contributed by atoms with Crippen molar-refractivity contribution in [2.75, 3.05) is 6.54 Å². The van der Waals surface area contributed by atoms with Crippen molar-refractivity contribution >= 4 is 0 Å². The van der Waals surface area contributed by atoms with Gasteiger partial charge in [0.2, 0.25) is 0 Å². The first-order valence-corrected chi connectivity index (χ1v) is 4.50. The van der Waals surface area contributed by atoms with Gasteiger partial charge in [0, 0.05) is 5.56 Å². The number of benzene rings is 1. The van der Waals surface area contributed by atoms with Gasteiger partial charge in [0.15, 0.2) is 17.5 Å². The van der Waals surface area contributed by atoms with Crippen molar-refractivity contribution in [1.82, 2.24) is 0 Å². The minimum Gasteiger partial charge on any atom is -0.388 e. The molecule has 0 amide bonds. The van der Waals surface area contributed by atoms with Crippen LogP contribution in [0.4, 0.5) is 13.2 Å². The third-order valence-electron chi connectivity index (χ3n) is 2.29. The molecule has 1 aromatic rings. The first kappa shape index (κ1) is 12.0. The fourth-order valence-electron chi connectivity index (χ4n) is 1.20. The highest BCUT2D eigenvalue weighted by Crippen LogP contribution is 2.26. The molecule has 0 radical (unpaired) electrons. The molecular formula is C10H12F3NO. The van der Waals surface area contributed by atoms with E-state index in [9.17, 15) is 18.3 Å². The highest BCUT2D eigenvalue weighted by Gasteiger charge is 2.22. The van der Waals surface area contributed by atoms with Gasteiger partial charge in [-0.1, -0.05) is 13.0 Å². The molecule has 0 saturated carbocycles. The Balaban J connectivity index is 3.10. The topological polar surface area (TPSA) is 46.2 Å². The number of halogens is 3. The number of aliphatic hydroxyl groups is 1. The minimum atomic E-state index is -1.57. The van der Waals surface area contributed by atoms with Gasteiger partial charge in [0.1, 0.15) is 0 Å². The Morgan fingerprint density at radius 3 is 2.40 bits per heavy atom. The Hall–Kier alpha value is -1.07. The number of hydrogen-bond donors (Lipinski definition) is 2. The van der Waals surface area contributed by atoms with Crippen molar-refractivity contribution in [3.8, 4) is 0 Å². The molecule has 0 aliphatic rings. The van der Waals surface area contributed by atoms with E-state index in [4.69, 9.17) is 5.73 Å². The average molecular weight is 219 g/mol. The Labute approximate surface area is 85.5 Å². The zero-order valence-corrected chi connectivity index (χ0v) is 8.17. The molecule has 2 atom stereocenters. The van der Waals surface area contributed by atoms with Crippen LogP contribution in [-0.2, 0) is 0 Å². The van der Waals surface area contributed by atoms with E-state index in [-0.39, 0.29) is 12.1 Å². The van der Waals surface area contributed by atoms with Gasteiger partial charge in [0.05, 0.1) is 6.10 Å². The minimum absolute atomic E-state index is 0.125. The van der Waals surface area contributed by atoms with Crippen LogP contribution >= 0.6 is 0 Å². The summed E-state index contributed by atoms with van der Waals surface area (Å²) in [7, 11) is 0. The molecule has 0 aliphatic heterocycles. The second-order valence-electron chi connectivity index (χ2n) is 3.42. The average Bonchev–Trinajstić information content (AvgIpc) is 2.24. The lowest BCUT2D eigenvalue weighted by Gasteiger charge is -2.18. The van der Waals surface area contributed by atoms with Crippen LogP contribution in [-0.4, -0.2) is 11.7 Å². The highest BCUT2D eigenvalue weighted by atomic mass is 19.2. The SMILES string of the molecule is CC(CN)C(O)c1ccc(F)c(F)c1F. The quantitative estimate of drug-likeness (QED) is 0.760. The summed E-state index contributed by atoms with van der Waals surface area (Å²) in [4.78, 5) is 0. The molecule has 0 heterocycles. The summed E-state index contributed by atoms with van der Waals surface area (Å²) in [5, 5.41) is 9.58. The van der Waals surface area contributed by atoms with Gasteiger partial charge in [-0.15, -0.1) is 0 Å². The zero-order chi connectivity index (χ0) is 11.6. The molecule has 5 heteroatoms. The molecule has 0 bridgehead atoms. The van der Waals surface area contributed by atoms with Crippen molar-refractivity contribution in [2.45, 2.75) is 13.0 Å². The van der Waals surface area contributed by atoms with E-state index in [0.29, 0.717) is 0 Å². The van der Waals surface area contributed by atoms with E-state index < -0.39 is 29.5 Å². The molecule has 2 unspecified atom stereocenters. The van der Waals surface area contributed by atoms with E-state index in [2.05, 4.69) is 0 Å². The van der Waals surface area contributed by atoms with Crippen LogP contribution in [0.5, 0.6) is 0 Å². The van der Waals surface area contributed by atoms with Gasteiger partial charge in [-0.2, -0.15) is 0 Å². The third-order valence-corrected chi connectivity index (χ3v) is 2.29. The molecule has 1 aromatic carbocycles. The largest absolute Gasteiger partial charge is 0.388 e. The molecule has 0 fully saturated rings. The summed E-state index contributed by atoms with van der Waals surface area (Å²) >= 11 is 0. The predicted octanol–water partition coefficient (Wildman–Crippen LogP) is 1.73. The monoisotopic (exact) mass is 219 g/mol. The molecule has 2 nitrogen and oxygen atoms in total. The van der Waals surface area contributed by atoms with Crippen molar-refractivity contribution in [3.05, 3.63) is 35.1 Å². The Morgan fingerprint density at radius 1 is 1.27 bits per heavy atom. The van der Waals surface area contributed by atoms with Crippen molar-refractivity contribution in [2.24, 2.45) is 11.7 Å². The van der Waals surface area contributed by atoms with Crippen LogP contribution in [0.1, 0.15) is 18.6 Å². The molecule has 0 aromatic heterocycles. The summed E-state index contributed by atoms with van der Waals surface area (Å²) in [6, 6.07) is 1.80. The summed E-state index contributed by atoms with van der Waals surface area (Å²) in [6.07, 6.45) is -1.23. The molecule has 84 valence electrons. The normalized spacial score (nSPS) is 15.1. The van der Waals surface area contributed by atoms with Gasteiger partial charge in [0.25, 0.3) is 0 Å². The Kier molecular flexibility index (Phi) is 3.71. The zero-order valence-electron chi connectivity index (χ0n) is 8.17. The first-order valence-electron chi connectivity index (χ1n) is 4.50. The Bertz CT molecular complexity index is 357. The second-order valence-corrected chi connectivity index (χ2v) is 3.42. The predicted molar refractivity (Wildman–Crippen MR) is 49.5 cm³/mol. The maximum atomic E-state index is 13.2. The third kappa shape index (κ3) is 2.30. The van der Waals surface area contributed by atoms with Gasteiger partial charge >= 0.3 is 0 Å². The molecule has 0 saturated heterocycles. The van der Waals surface area contributed by atoms with Crippen LogP contribution in [0.25, 0.3) is 0 Å². The van der Waals surface area contributed by atoms with Crippen molar-refractivity contribution < 1.29 is 18.3 Å². The van der Waals surface area contributed by atoms with Crippen LogP contribution in [0.3, 0.4) is 0 Å². The smallest absolute Gasteiger partial charge is 0.194 e. The maximum absolute atomic E-state index is 13.2. The lowest BCUT2D eigenvalue weighted by molar-refractivity contribution is 0.116. The molecule has 3 N–H and O–H groups in total. The molecule has 0 spiro atoms. The van der Waals surface area contributed by atoms with Gasteiger partial charge in [-0.3, -0.25) is 0 Å². The van der Waals surface area contributed by atoms with Crippen LogP contribution < -0.4 is 5.73 Å². The summed E-state index contributed by atoms with van der Waals surface area (Å²) < 4.78 is 38.6. The Morgan fingerprint density at radius 2 is 1.87 bits per heavy atom. The first-order chi connectivity index (χ1) is 6.99. The van der Waals surface area contributed by atoms with Gasteiger partial charge in [-0.05, 0) is 18.5 Å². The van der Waals surface area contributed by atoms with E-state index in [1.54, 1.807) is 6.92 Å². The lowest BCUT2D eigenvalue weighted by atomic mass is 9.97. The summed E-state index contributed by atoms with van der Waals surface area (Å²) in [6.45, 7) is 1.71. The van der Waals surface area contributed by atoms with E-state index in [1.165, 1.54) is 0 Å². The van der Waals surface area contributed by atoms with E-state index in [0.717, 1.165) is 12.1 Å². The fraction of sp³-hybridized carbons (Fsp3) is 0.400. The van der Waals surface area contributed by atoms with Crippen LogP contribution in [0, 0.1) is 23.4 Å². The summed E-state index contributed by atoms with van der Waals surface area (Å²) in [5.41, 5.74) is 5.01.